The van der Waals surface area contributed by atoms with Crippen molar-refractivity contribution in [2.24, 2.45) is 7.05 Å². The highest BCUT2D eigenvalue weighted by atomic mass is 19.1. The van der Waals surface area contributed by atoms with Gasteiger partial charge in [-0.15, -0.1) is 0 Å². The van der Waals surface area contributed by atoms with Crippen molar-refractivity contribution in [3.8, 4) is 0 Å². The maximum atomic E-state index is 12.8. The summed E-state index contributed by atoms with van der Waals surface area (Å²) < 4.78 is 15.5. The molecule has 0 aliphatic rings. The molecule has 142 valence electrons. The van der Waals surface area contributed by atoms with Gasteiger partial charge in [0.15, 0.2) is 5.65 Å². The number of nitrogens with one attached hydrogen (secondary N) is 1. The van der Waals surface area contributed by atoms with Crippen LogP contribution < -0.4 is 11.0 Å². The number of anilines is 2. The van der Waals surface area contributed by atoms with Crippen molar-refractivity contribution >= 4 is 39.4 Å². The Morgan fingerprint density at radius 1 is 1.32 bits per heavy atom. The van der Waals surface area contributed by atoms with Crippen molar-refractivity contribution < 1.29 is 4.39 Å². The quantitative estimate of drug-likeness (QED) is 0.575. The molecule has 7 nitrogen and oxygen atoms in total. The zero-order chi connectivity index (χ0) is 19.8. The average molecular weight is 378 g/mol. The van der Waals surface area contributed by atoms with Gasteiger partial charge in [0, 0.05) is 36.4 Å². The summed E-state index contributed by atoms with van der Waals surface area (Å²) in [5.41, 5.74) is 3.71. The second kappa shape index (κ2) is 6.88. The first-order chi connectivity index (χ1) is 13.5. The summed E-state index contributed by atoms with van der Waals surface area (Å²) in [6.45, 7) is 5.20. The molecule has 0 amide bonds. The molecule has 0 radical (unpaired) electrons. The molecule has 3 aromatic heterocycles. The van der Waals surface area contributed by atoms with Crippen LogP contribution in [0.15, 0.2) is 48.0 Å². The van der Waals surface area contributed by atoms with E-state index in [2.05, 4.69) is 26.8 Å². The van der Waals surface area contributed by atoms with Gasteiger partial charge in [-0.05, 0) is 30.7 Å². The van der Waals surface area contributed by atoms with Gasteiger partial charge >= 0.3 is 5.69 Å². The molecule has 0 aliphatic heterocycles. The van der Waals surface area contributed by atoms with Crippen molar-refractivity contribution in [1.82, 2.24) is 24.1 Å². The van der Waals surface area contributed by atoms with Gasteiger partial charge in [-0.25, -0.2) is 14.3 Å². The van der Waals surface area contributed by atoms with Crippen LogP contribution in [0.5, 0.6) is 0 Å². The van der Waals surface area contributed by atoms with Crippen molar-refractivity contribution in [1.29, 1.82) is 0 Å². The fourth-order valence-corrected chi connectivity index (χ4v) is 3.16. The van der Waals surface area contributed by atoms with E-state index in [9.17, 15) is 9.18 Å². The van der Waals surface area contributed by atoms with Gasteiger partial charge in [-0.1, -0.05) is 12.6 Å². The molecule has 4 aromatic rings. The summed E-state index contributed by atoms with van der Waals surface area (Å²) >= 11 is 0. The summed E-state index contributed by atoms with van der Waals surface area (Å²) in [5, 5.41) is 4.20. The van der Waals surface area contributed by atoms with Crippen molar-refractivity contribution in [3.63, 3.8) is 0 Å². The van der Waals surface area contributed by atoms with Crippen LogP contribution >= 0.6 is 0 Å². The van der Waals surface area contributed by atoms with E-state index in [4.69, 9.17) is 0 Å². The largest absolute Gasteiger partial charge is 0.334 e. The predicted molar refractivity (Wildman–Crippen MR) is 108 cm³/mol. The number of rotatable bonds is 5. The first kappa shape index (κ1) is 17.8. The highest BCUT2D eigenvalue weighted by Crippen LogP contribution is 2.25. The van der Waals surface area contributed by atoms with Gasteiger partial charge < -0.3 is 5.32 Å². The Morgan fingerprint density at radius 3 is 2.93 bits per heavy atom. The molecule has 3 heterocycles. The number of allylic oxidation sites excluding steroid dienone is 1. The Hall–Kier alpha value is -3.55. The summed E-state index contributed by atoms with van der Waals surface area (Å²) in [7, 11) is 1.63. The third-order valence-corrected chi connectivity index (χ3v) is 4.70. The molecule has 0 unspecified atom stereocenters. The lowest BCUT2D eigenvalue weighted by Crippen LogP contribution is -2.21. The Kier molecular flexibility index (Phi) is 4.38. The standard InChI is InChI=1S/C20H19FN6O/c1-12-9-16-14(5-4-8-22-16)10-15(12)24-19-23-11-17-18(25-19)27(13(2)6-7-21)20(28)26(17)3/h4-5,8-11H,2,6-7H2,1,3H3,(H,23,24,25). The third kappa shape index (κ3) is 2.92. The maximum absolute atomic E-state index is 12.8. The van der Waals surface area contributed by atoms with E-state index in [-0.39, 0.29) is 12.1 Å². The van der Waals surface area contributed by atoms with E-state index in [0.29, 0.717) is 22.8 Å². The van der Waals surface area contributed by atoms with Gasteiger partial charge in [0.25, 0.3) is 0 Å². The number of aromatic nitrogens is 5. The van der Waals surface area contributed by atoms with E-state index in [0.717, 1.165) is 22.2 Å². The number of fused-ring (bicyclic) bond motifs is 2. The fourth-order valence-electron chi connectivity index (χ4n) is 3.16. The maximum Gasteiger partial charge on any atom is 0.334 e. The van der Waals surface area contributed by atoms with Crippen LogP contribution in [0.1, 0.15) is 12.0 Å². The first-order valence-corrected chi connectivity index (χ1v) is 8.80. The molecule has 8 heteroatoms. The number of pyridine rings is 1. The lowest BCUT2D eigenvalue weighted by Gasteiger charge is -2.10. The molecular weight excluding hydrogens is 359 g/mol. The molecule has 0 aliphatic carbocycles. The average Bonchev–Trinajstić information content (AvgIpc) is 2.93. The number of alkyl halides is 1. The lowest BCUT2D eigenvalue weighted by molar-refractivity contribution is 0.500. The molecule has 1 N–H and O–H groups in total. The molecule has 0 bridgehead atoms. The van der Waals surface area contributed by atoms with E-state index >= 15 is 0 Å². The van der Waals surface area contributed by atoms with Crippen LogP contribution in [0.3, 0.4) is 0 Å². The number of benzene rings is 1. The van der Waals surface area contributed by atoms with Crippen LogP contribution in [-0.2, 0) is 7.05 Å². The molecule has 0 fully saturated rings. The summed E-state index contributed by atoms with van der Waals surface area (Å²) in [6.07, 6.45) is 3.39. The summed E-state index contributed by atoms with van der Waals surface area (Å²) in [6, 6.07) is 7.82. The molecule has 1 aromatic carbocycles. The Balaban J connectivity index is 1.80. The number of imidazole rings is 1. The van der Waals surface area contributed by atoms with Gasteiger partial charge in [0.2, 0.25) is 5.95 Å². The Morgan fingerprint density at radius 2 is 2.14 bits per heavy atom. The fraction of sp³-hybridized carbons (Fsp3) is 0.200. The zero-order valence-electron chi connectivity index (χ0n) is 15.6. The number of aryl methyl sites for hydroxylation is 2. The van der Waals surface area contributed by atoms with E-state index < -0.39 is 6.67 Å². The zero-order valence-corrected chi connectivity index (χ0v) is 15.6. The van der Waals surface area contributed by atoms with E-state index in [1.807, 2.05) is 31.2 Å². The summed E-state index contributed by atoms with van der Waals surface area (Å²) in [4.78, 5) is 25.7. The second-order valence-corrected chi connectivity index (χ2v) is 6.57. The summed E-state index contributed by atoms with van der Waals surface area (Å²) in [5.74, 6) is 0.339. The smallest absolute Gasteiger partial charge is 0.324 e. The van der Waals surface area contributed by atoms with Crippen LogP contribution in [0.4, 0.5) is 16.0 Å². The van der Waals surface area contributed by atoms with Gasteiger partial charge in [-0.3, -0.25) is 13.9 Å². The van der Waals surface area contributed by atoms with Crippen LogP contribution in [0.2, 0.25) is 0 Å². The Labute approximate surface area is 160 Å². The van der Waals surface area contributed by atoms with Crippen molar-refractivity contribution in [3.05, 3.63) is 59.3 Å². The van der Waals surface area contributed by atoms with Crippen molar-refractivity contribution in [2.75, 3.05) is 12.0 Å². The van der Waals surface area contributed by atoms with Crippen LogP contribution in [-0.4, -0.2) is 30.8 Å². The monoisotopic (exact) mass is 378 g/mol. The highest BCUT2D eigenvalue weighted by Gasteiger charge is 2.16. The topological polar surface area (TPSA) is 77.6 Å². The Bertz CT molecular complexity index is 1270. The molecule has 4 rings (SSSR count). The minimum atomic E-state index is -0.595. The van der Waals surface area contributed by atoms with Crippen LogP contribution in [0, 0.1) is 6.92 Å². The van der Waals surface area contributed by atoms with Gasteiger partial charge in [0.1, 0.15) is 5.52 Å². The van der Waals surface area contributed by atoms with Crippen molar-refractivity contribution in [2.45, 2.75) is 13.3 Å². The molecular formula is C20H19FN6O. The van der Waals surface area contributed by atoms with E-state index in [1.54, 1.807) is 19.4 Å². The number of hydrogen-bond acceptors (Lipinski definition) is 5. The van der Waals surface area contributed by atoms with E-state index in [1.165, 1.54) is 9.13 Å². The minimum absolute atomic E-state index is 0.0581. The number of halogens is 1. The number of nitrogens with zero attached hydrogens (tertiary/aromatic N) is 5. The minimum Gasteiger partial charge on any atom is -0.324 e. The first-order valence-electron chi connectivity index (χ1n) is 8.80. The molecule has 28 heavy (non-hydrogen) atoms. The van der Waals surface area contributed by atoms with Gasteiger partial charge in [-0.2, -0.15) is 4.98 Å². The molecule has 0 atom stereocenters. The van der Waals surface area contributed by atoms with Gasteiger partial charge in [0.05, 0.1) is 18.4 Å². The molecule has 0 saturated heterocycles. The highest BCUT2D eigenvalue weighted by molar-refractivity contribution is 5.85. The second-order valence-electron chi connectivity index (χ2n) is 6.57. The third-order valence-electron chi connectivity index (χ3n) is 4.70. The lowest BCUT2D eigenvalue weighted by atomic mass is 10.1. The predicted octanol–water partition coefficient (Wildman–Crippen LogP) is 3.56. The molecule has 0 spiro atoms. The molecule has 0 saturated carbocycles. The number of hydrogen-bond donors (Lipinski definition) is 1. The SMILES string of the molecule is C=C(CCF)n1c(=O)n(C)c2cnc(Nc3cc4cccnc4cc3C)nc21. The van der Waals surface area contributed by atoms with Crippen LogP contribution in [0.25, 0.3) is 27.8 Å². The normalized spacial score (nSPS) is 11.2.